The number of phenolic OH excluding ortho intramolecular Hbond substituents is 12. The standard InChI is InChI=1S/C40H48O12.C13H8O2.C3H8O.CH4O/c1-5-9-17-21-13-23(31(43)37(49)29(21)41)18(10-6-2)25-15-27(35(47)39(51)33(25)45)20(12-8-4)28-16-26(34(46)40(52)36(28)48)19(11-7-3)24-14-22(17)30(42)38(50)32(24)44;14-13-9-5-1-3-7-11(9)15-12-8-4-2-6-10(12)13;1-3(2)4;1-2/h13-20,41-52H,5-12H2,1-4H3;1-8H;3-4H,1-2H3;2H,1H3. The largest absolute Gasteiger partial charge is 0.504 e. The molecule has 0 atom stereocenters. The van der Waals surface area contributed by atoms with E-state index in [9.17, 15) is 66.1 Å². The molecule has 6 aromatic carbocycles. The molecule has 0 saturated carbocycles. The number of fused-ring (bicyclic) bond motifs is 10. The number of aliphatic hydroxyl groups is 2. The second kappa shape index (κ2) is 24.2. The zero-order chi connectivity index (χ0) is 54.2. The summed E-state index contributed by atoms with van der Waals surface area (Å²) in [5.41, 5.74) is 1.63. The van der Waals surface area contributed by atoms with Gasteiger partial charge in [-0.1, -0.05) is 77.6 Å². The van der Waals surface area contributed by atoms with Gasteiger partial charge in [-0.3, -0.25) is 4.79 Å². The van der Waals surface area contributed by atoms with E-state index in [-0.39, 0.29) is 81.7 Å². The van der Waals surface area contributed by atoms with E-state index < -0.39 is 92.7 Å². The summed E-state index contributed by atoms with van der Waals surface area (Å²) in [4.78, 5) is 12.0. The van der Waals surface area contributed by atoms with Gasteiger partial charge in [-0.15, -0.1) is 0 Å². The van der Waals surface area contributed by atoms with Crippen LogP contribution in [0.3, 0.4) is 0 Å². The maximum Gasteiger partial charge on any atom is 0.200 e. The van der Waals surface area contributed by atoms with Crippen molar-refractivity contribution in [3.8, 4) is 69.0 Å². The zero-order valence-electron chi connectivity index (χ0n) is 42.0. The first-order valence-corrected chi connectivity index (χ1v) is 24.4. The van der Waals surface area contributed by atoms with Crippen LogP contribution in [-0.2, 0) is 0 Å². The number of aromatic hydroxyl groups is 12. The van der Waals surface area contributed by atoms with Crippen molar-refractivity contribution in [3.63, 3.8) is 0 Å². The van der Waals surface area contributed by atoms with Crippen LogP contribution in [0.2, 0.25) is 0 Å². The highest BCUT2D eigenvalue weighted by atomic mass is 16.4. The Balaban J connectivity index is 0.000000387. The molecule has 14 N–H and O–H groups in total. The molecule has 73 heavy (non-hydrogen) atoms. The maximum absolute atomic E-state index is 12.0. The molecule has 0 amide bonds. The molecule has 1 aliphatic carbocycles. The van der Waals surface area contributed by atoms with Crippen LogP contribution in [0.4, 0.5) is 0 Å². The molecule has 0 fully saturated rings. The highest BCUT2D eigenvalue weighted by Crippen LogP contribution is 2.58. The third kappa shape index (κ3) is 11.1. The fourth-order valence-corrected chi connectivity index (χ4v) is 9.70. The number of hydrogen-bond donors (Lipinski definition) is 14. The zero-order valence-corrected chi connectivity index (χ0v) is 42.0. The van der Waals surface area contributed by atoms with Gasteiger partial charge in [0.15, 0.2) is 46.0 Å². The third-order valence-electron chi connectivity index (χ3n) is 13.0. The minimum atomic E-state index is -0.971. The Bertz CT molecular complexity index is 2660. The van der Waals surface area contributed by atoms with Gasteiger partial charge in [0, 0.05) is 81.4 Å². The molecule has 392 valence electrons. The molecule has 0 aliphatic heterocycles. The number of hydrogen-bond acceptors (Lipinski definition) is 16. The van der Waals surface area contributed by atoms with Gasteiger partial charge in [0.1, 0.15) is 11.2 Å². The summed E-state index contributed by atoms with van der Waals surface area (Å²) in [6.45, 7) is 10.8. The number of benzene rings is 6. The van der Waals surface area contributed by atoms with E-state index in [1.807, 2.05) is 64.1 Å². The van der Waals surface area contributed by atoms with Crippen LogP contribution in [0.5, 0.6) is 69.0 Å². The van der Waals surface area contributed by atoms with E-state index in [1.54, 1.807) is 26.0 Å². The summed E-state index contributed by atoms with van der Waals surface area (Å²) in [6, 6.07) is 20.3. The first kappa shape index (κ1) is 56.2. The van der Waals surface area contributed by atoms with Crippen LogP contribution in [0.25, 0.3) is 21.9 Å². The van der Waals surface area contributed by atoms with Gasteiger partial charge in [-0.25, -0.2) is 0 Å². The molecule has 16 heteroatoms. The van der Waals surface area contributed by atoms with Gasteiger partial charge >= 0.3 is 0 Å². The minimum absolute atomic E-state index is 0.0347. The molecule has 7 aromatic rings. The van der Waals surface area contributed by atoms with Gasteiger partial charge in [0.05, 0.1) is 10.8 Å². The predicted octanol–water partition coefficient (Wildman–Crippen LogP) is 11.1. The third-order valence-corrected chi connectivity index (χ3v) is 13.0. The number of para-hydroxylation sites is 2. The summed E-state index contributed by atoms with van der Waals surface area (Å²) < 4.78 is 5.63. The Morgan fingerprint density at radius 2 is 0.575 bits per heavy atom. The Morgan fingerprint density at radius 3 is 0.767 bits per heavy atom. The maximum atomic E-state index is 12.0. The molecule has 1 heterocycles. The molecule has 0 spiro atoms. The van der Waals surface area contributed by atoms with Crippen molar-refractivity contribution in [2.24, 2.45) is 0 Å². The topological polar surface area (TPSA) is 313 Å². The van der Waals surface area contributed by atoms with Crippen molar-refractivity contribution in [1.29, 1.82) is 0 Å². The predicted molar refractivity (Wildman–Crippen MR) is 278 cm³/mol. The van der Waals surface area contributed by atoms with Crippen LogP contribution in [0.15, 0.2) is 82.0 Å². The first-order chi connectivity index (χ1) is 34.7. The van der Waals surface area contributed by atoms with Crippen molar-refractivity contribution in [2.75, 3.05) is 7.11 Å². The Hall–Kier alpha value is -7.69. The lowest BCUT2D eigenvalue weighted by atomic mass is 9.76. The van der Waals surface area contributed by atoms with E-state index in [2.05, 4.69) is 0 Å². The van der Waals surface area contributed by atoms with Crippen LogP contribution in [0, 0.1) is 0 Å². The van der Waals surface area contributed by atoms with Crippen LogP contribution < -0.4 is 5.43 Å². The number of aliphatic hydroxyl groups excluding tert-OH is 2. The SMILES string of the molecule is CC(C)O.CCCC1c2cc(c(O)c(O)c2O)C(CCC)c2cc(c(O)c(O)c2O)C(CCC)c2cc(c(O)c(O)c2O)C(CCC)c2cc1c(O)c(O)c2O.CO.O=c1c2ccccc2oc2ccccc12. The second-order valence-corrected chi connectivity index (χ2v) is 18.3. The molecule has 16 nitrogen and oxygen atoms in total. The average Bonchev–Trinajstić information content (AvgIpc) is 3.37. The van der Waals surface area contributed by atoms with Gasteiger partial charge in [0.25, 0.3) is 0 Å². The van der Waals surface area contributed by atoms with Crippen molar-refractivity contribution in [1.82, 2.24) is 0 Å². The second-order valence-electron chi connectivity index (χ2n) is 18.3. The normalized spacial score (nSPS) is 15.9. The van der Waals surface area contributed by atoms with E-state index in [0.29, 0.717) is 47.6 Å². The van der Waals surface area contributed by atoms with Crippen LogP contribution in [-0.4, -0.2) is 84.7 Å². The van der Waals surface area contributed by atoms with Crippen molar-refractivity contribution in [3.05, 3.63) is 128 Å². The van der Waals surface area contributed by atoms with Crippen molar-refractivity contribution >= 4 is 21.9 Å². The van der Waals surface area contributed by atoms with Crippen LogP contribution >= 0.6 is 0 Å². The fraction of sp³-hybridized carbons (Fsp3) is 0.351. The molecule has 8 rings (SSSR count). The van der Waals surface area contributed by atoms with Gasteiger partial charge in [-0.2, -0.15) is 0 Å². The first-order valence-electron chi connectivity index (χ1n) is 24.4. The average molecular weight is 1010 g/mol. The van der Waals surface area contributed by atoms with Gasteiger partial charge in [0.2, 0.25) is 28.4 Å². The molecular weight excluding hydrogens is 941 g/mol. The minimum Gasteiger partial charge on any atom is -0.504 e. The molecule has 1 aliphatic rings. The van der Waals surface area contributed by atoms with Crippen molar-refractivity contribution < 1.29 is 75.9 Å². The molecule has 1 aromatic heterocycles. The molecule has 0 radical (unpaired) electrons. The Labute approximate surface area is 422 Å². The quantitative estimate of drug-likeness (QED) is 0.0497. The van der Waals surface area contributed by atoms with Gasteiger partial charge in [-0.05, 0) is 88.1 Å². The Morgan fingerprint density at radius 1 is 0.384 bits per heavy atom. The van der Waals surface area contributed by atoms with Crippen LogP contribution in [0.1, 0.15) is 161 Å². The van der Waals surface area contributed by atoms with E-state index in [0.717, 1.165) is 7.11 Å². The van der Waals surface area contributed by atoms with E-state index >= 15 is 0 Å². The number of rotatable bonds is 8. The summed E-state index contributed by atoms with van der Waals surface area (Å²) >= 11 is 0. The lowest BCUT2D eigenvalue weighted by molar-refractivity contribution is 0.216. The number of phenols is 12. The summed E-state index contributed by atoms with van der Waals surface area (Å²) in [7, 11) is 1.00. The van der Waals surface area contributed by atoms with Crippen molar-refractivity contribution in [2.45, 2.75) is 123 Å². The molecule has 0 saturated heterocycles. The smallest absolute Gasteiger partial charge is 0.200 e. The highest BCUT2D eigenvalue weighted by Gasteiger charge is 2.37. The summed E-state index contributed by atoms with van der Waals surface area (Å²) in [5.74, 6) is -13.1. The van der Waals surface area contributed by atoms with Gasteiger partial charge < -0.3 is 75.9 Å². The Kier molecular flexibility index (Phi) is 18.6. The lowest BCUT2D eigenvalue weighted by Crippen LogP contribution is -2.11. The molecular formula is C57H68O16. The monoisotopic (exact) mass is 1010 g/mol. The molecule has 0 unspecified atom stereocenters. The summed E-state index contributed by atoms with van der Waals surface area (Å²) in [5, 5.41) is 152. The molecule has 8 bridgehead atoms. The lowest BCUT2D eigenvalue weighted by Gasteiger charge is -2.29. The summed E-state index contributed by atoms with van der Waals surface area (Å²) in [6.07, 6.45) is 2.53. The highest BCUT2D eigenvalue weighted by molar-refractivity contribution is 5.89. The van der Waals surface area contributed by atoms with E-state index in [1.165, 1.54) is 24.3 Å². The van der Waals surface area contributed by atoms with E-state index in [4.69, 9.17) is 14.6 Å². The fourth-order valence-electron chi connectivity index (χ4n) is 9.70.